The van der Waals surface area contributed by atoms with Crippen LogP contribution in [0.2, 0.25) is 0 Å². The van der Waals surface area contributed by atoms with Gasteiger partial charge in [-0.15, -0.1) is 0 Å². The van der Waals surface area contributed by atoms with Gasteiger partial charge in [-0.25, -0.2) is 4.79 Å². The van der Waals surface area contributed by atoms with Crippen molar-refractivity contribution < 1.29 is 9.53 Å². The number of nitrogens with zero attached hydrogens (tertiary/aromatic N) is 2. The van der Waals surface area contributed by atoms with Gasteiger partial charge in [0.15, 0.2) is 0 Å². The van der Waals surface area contributed by atoms with Crippen LogP contribution < -0.4 is 5.32 Å². The number of amides is 2. The minimum Gasteiger partial charge on any atom is -0.376 e. The number of carbonyl (C=O) groups is 1. The Balaban J connectivity index is 1.86. The molecule has 0 aromatic rings. The van der Waals surface area contributed by atoms with Crippen molar-refractivity contribution in [2.45, 2.75) is 63.1 Å². The molecule has 1 aliphatic carbocycles. The molecule has 0 aromatic heterocycles. The first-order valence-electron chi connectivity index (χ1n) is 8.29. The van der Waals surface area contributed by atoms with E-state index < -0.39 is 0 Å². The topological polar surface area (TPSA) is 44.8 Å². The molecule has 21 heavy (non-hydrogen) atoms. The summed E-state index contributed by atoms with van der Waals surface area (Å²) in [7, 11) is 6.14. The van der Waals surface area contributed by atoms with Crippen molar-refractivity contribution >= 4 is 6.03 Å². The highest BCUT2D eigenvalue weighted by Crippen LogP contribution is 2.36. The zero-order chi connectivity index (χ0) is 15.5. The van der Waals surface area contributed by atoms with Gasteiger partial charge in [-0.1, -0.05) is 6.92 Å². The highest BCUT2D eigenvalue weighted by Gasteiger charge is 2.41. The van der Waals surface area contributed by atoms with Crippen molar-refractivity contribution in [2.24, 2.45) is 0 Å². The largest absolute Gasteiger partial charge is 0.376 e. The van der Waals surface area contributed by atoms with E-state index in [0.29, 0.717) is 0 Å². The Kier molecular flexibility index (Phi) is 5.49. The maximum absolute atomic E-state index is 12.5. The van der Waals surface area contributed by atoms with E-state index in [4.69, 9.17) is 4.74 Å². The number of carbonyl (C=O) groups excluding carboxylic acids is 1. The van der Waals surface area contributed by atoms with Gasteiger partial charge in [0.05, 0.1) is 12.1 Å². The molecule has 1 saturated carbocycles. The molecule has 0 spiro atoms. The van der Waals surface area contributed by atoms with Gasteiger partial charge in [0, 0.05) is 25.7 Å². The fraction of sp³-hybridized carbons (Fsp3) is 0.938. The van der Waals surface area contributed by atoms with Crippen LogP contribution in [0.3, 0.4) is 0 Å². The lowest BCUT2D eigenvalue weighted by Crippen LogP contribution is -2.59. The average Bonchev–Trinajstić information content (AvgIpc) is 2.92. The lowest BCUT2D eigenvalue weighted by molar-refractivity contribution is 0.0339. The van der Waals surface area contributed by atoms with Crippen molar-refractivity contribution in [3.63, 3.8) is 0 Å². The lowest BCUT2D eigenvalue weighted by Gasteiger charge is -2.49. The van der Waals surface area contributed by atoms with Gasteiger partial charge in [-0.2, -0.15) is 0 Å². The molecule has 0 bridgehead atoms. The van der Waals surface area contributed by atoms with Crippen LogP contribution in [0.1, 0.15) is 45.4 Å². The lowest BCUT2D eigenvalue weighted by atomic mass is 9.75. The molecule has 2 atom stereocenters. The van der Waals surface area contributed by atoms with E-state index >= 15 is 0 Å². The van der Waals surface area contributed by atoms with Crippen LogP contribution in [-0.2, 0) is 4.74 Å². The molecule has 1 saturated heterocycles. The summed E-state index contributed by atoms with van der Waals surface area (Å²) in [6.45, 7) is 3.74. The molecule has 1 heterocycles. The van der Waals surface area contributed by atoms with Crippen LogP contribution in [0.25, 0.3) is 0 Å². The van der Waals surface area contributed by atoms with Crippen molar-refractivity contribution in [1.29, 1.82) is 0 Å². The van der Waals surface area contributed by atoms with Crippen LogP contribution in [0.5, 0.6) is 0 Å². The normalized spacial score (nSPS) is 25.5. The van der Waals surface area contributed by atoms with Gasteiger partial charge in [0.25, 0.3) is 0 Å². The molecular formula is C16H31N3O2. The molecule has 0 aromatic carbocycles. The fourth-order valence-corrected chi connectivity index (χ4v) is 3.49. The third-order valence-corrected chi connectivity index (χ3v) is 5.27. The van der Waals surface area contributed by atoms with Crippen molar-refractivity contribution in [3.8, 4) is 0 Å². The predicted molar refractivity (Wildman–Crippen MR) is 84.5 cm³/mol. The summed E-state index contributed by atoms with van der Waals surface area (Å²) < 4.78 is 5.72. The monoisotopic (exact) mass is 297 g/mol. The van der Waals surface area contributed by atoms with Crippen LogP contribution in [-0.4, -0.2) is 67.8 Å². The molecule has 0 radical (unpaired) electrons. The van der Waals surface area contributed by atoms with Gasteiger partial charge < -0.3 is 19.9 Å². The van der Waals surface area contributed by atoms with E-state index in [1.54, 1.807) is 0 Å². The molecule has 1 N–H and O–H groups in total. The first-order valence-corrected chi connectivity index (χ1v) is 8.29. The fourth-order valence-electron chi connectivity index (χ4n) is 3.49. The first-order chi connectivity index (χ1) is 9.98. The Morgan fingerprint density at radius 1 is 1.33 bits per heavy atom. The number of rotatable bonds is 6. The zero-order valence-electron chi connectivity index (χ0n) is 14.0. The van der Waals surface area contributed by atoms with E-state index in [1.807, 2.05) is 11.9 Å². The van der Waals surface area contributed by atoms with Crippen LogP contribution in [0.15, 0.2) is 0 Å². The van der Waals surface area contributed by atoms with E-state index in [2.05, 4.69) is 31.2 Å². The molecule has 1 aliphatic heterocycles. The summed E-state index contributed by atoms with van der Waals surface area (Å²) in [6.07, 6.45) is 6.91. The minimum atomic E-state index is 0.0328. The maximum Gasteiger partial charge on any atom is 0.317 e. The van der Waals surface area contributed by atoms with Crippen molar-refractivity contribution in [2.75, 3.05) is 34.3 Å². The Hall–Kier alpha value is -0.810. The average molecular weight is 297 g/mol. The minimum absolute atomic E-state index is 0.0328. The number of nitrogens with one attached hydrogen (secondary N) is 1. The van der Waals surface area contributed by atoms with Gasteiger partial charge in [-0.3, -0.25) is 0 Å². The van der Waals surface area contributed by atoms with Crippen molar-refractivity contribution in [3.05, 3.63) is 0 Å². The standard InChI is InChI=1S/C16H31N3O2/c1-5-13(14-8-6-11-21-14)17-15(20)19(4)12-16(18(2)3)9-7-10-16/h13-14H,5-12H2,1-4H3,(H,17,20)/t13-,14-/m0/s1. The number of hydrogen-bond donors (Lipinski definition) is 1. The summed E-state index contributed by atoms with van der Waals surface area (Å²) in [4.78, 5) is 16.6. The van der Waals surface area contributed by atoms with E-state index in [9.17, 15) is 4.79 Å². The summed E-state index contributed by atoms with van der Waals surface area (Å²) in [5.74, 6) is 0. The van der Waals surface area contributed by atoms with Gasteiger partial charge in [0.1, 0.15) is 0 Å². The molecule has 2 rings (SSSR count). The predicted octanol–water partition coefficient (Wildman–Crippen LogP) is 2.07. The SMILES string of the molecule is CC[C@H](NC(=O)N(C)CC1(N(C)C)CCC1)[C@@H]1CCCO1. The molecule has 0 unspecified atom stereocenters. The molecular weight excluding hydrogens is 266 g/mol. The number of ether oxygens (including phenoxy) is 1. The number of likely N-dealkylation sites (N-methyl/N-ethyl adjacent to an activating group) is 2. The second kappa shape index (κ2) is 6.97. The quantitative estimate of drug-likeness (QED) is 0.816. The van der Waals surface area contributed by atoms with Gasteiger partial charge in [0.2, 0.25) is 0 Å². The summed E-state index contributed by atoms with van der Waals surface area (Å²) >= 11 is 0. The third kappa shape index (κ3) is 3.69. The zero-order valence-corrected chi connectivity index (χ0v) is 14.0. The van der Waals surface area contributed by atoms with Crippen LogP contribution in [0.4, 0.5) is 4.79 Å². The van der Waals surface area contributed by atoms with E-state index in [-0.39, 0.29) is 23.7 Å². The van der Waals surface area contributed by atoms with Gasteiger partial charge in [-0.05, 0) is 52.6 Å². The van der Waals surface area contributed by atoms with Gasteiger partial charge >= 0.3 is 6.03 Å². The van der Waals surface area contributed by atoms with E-state index in [0.717, 1.165) is 32.4 Å². The molecule has 122 valence electrons. The second-order valence-electron chi connectivity index (χ2n) is 6.84. The van der Waals surface area contributed by atoms with Crippen molar-refractivity contribution in [1.82, 2.24) is 15.1 Å². The smallest absolute Gasteiger partial charge is 0.317 e. The first kappa shape index (κ1) is 16.6. The van der Waals surface area contributed by atoms with Crippen LogP contribution >= 0.6 is 0 Å². The maximum atomic E-state index is 12.5. The molecule has 5 nitrogen and oxygen atoms in total. The third-order valence-electron chi connectivity index (χ3n) is 5.27. The Morgan fingerprint density at radius 3 is 2.48 bits per heavy atom. The highest BCUT2D eigenvalue weighted by atomic mass is 16.5. The Labute approximate surface area is 129 Å². The molecule has 2 fully saturated rings. The summed E-state index contributed by atoms with van der Waals surface area (Å²) in [5.41, 5.74) is 0.178. The number of hydrogen-bond acceptors (Lipinski definition) is 3. The molecule has 5 heteroatoms. The Morgan fingerprint density at radius 2 is 2.05 bits per heavy atom. The Bertz CT molecular complexity index is 349. The molecule has 2 aliphatic rings. The summed E-state index contributed by atoms with van der Waals surface area (Å²) in [6, 6.07) is 0.171. The second-order valence-corrected chi connectivity index (χ2v) is 6.84. The number of urea groups is 1. The summed E-state index contributed by atoms with van der Waals surface area (Å²) in [5, 5.41) is 3.16. The highest BCUT2D eigenvalue weighted by molar-refractivity contribution is 5.74. The van der Waals surface area contributed by atoms with E-state index in [1.165, 1.54) is 19.3 Å². The van der Waals surface area contributed by atoms with Crippen LogP contribution in [0, 0.1) is 0 Å². The molecule has 2 amide bonds.